The third kappa shape index (κ3) is 3.72. The average Bonchev–Trinajstić information content (AvgIpc) is 3.70. The lowest BCUT2D eigenvalue weighted by Gasteiger charge is -2.13. The Bertz CT molecular complexity index is 3170. The van der Waals surface area contributed by atoms with E-state index in [1.807, 2.05) is 22.6 Å². The molecule has 0 bridgehead atoms. The zero-order valence-electron chi connectivity index (χ0n) is 27.0. The van der Waals surface area contributed by atoms with E-state index in [-0.39, 0.29) is 5.56 Å². The van der Waals surface area contributed by atoms with Gasteiger partial charge in [0.2, 0.25) is 0 Å². The maximum absolute atomic E-state index is 14.1. The van der Waals surface area contributed by atoms with Gasteiger partial charge in [0.25, 0.3) is 5.56 Å². The van der Waals surface area contributed by atoms with Crippen LogP contribution >= 0.6 is 0 Å². The lowest BCUT2D eigenvalue weighted by atomic mass is 9.96. The van der Waals surface area contributed by atoms with Crippen molar-refractivity contribution in [1.82, 2.24) is 8.97 Å². The number of nitrogens with zero attached hydrogens (tertiary/aromatic N) is 2. The van der Waals surface area contributed by atoms with Gasteiger partial charge in [-0.2, -0.15) is 0 Å². The molecule has 3 nitrogen and oxygen atoms in total. The van der Waals surface area contributed by atoms with Crippen molar-refractivity contribution in [3.8, 4) is 27.9 Å². The van der Waals surface area contributed by atoms with Gasteiger partial charge < -0.3 is 4.57 Å². The Balaban J connectivity index is 1.19. The summed E-state index contributed by atoms with van der Waals surface area (Å²) >= 11 is 0. The smallest absolute Gasteiger partial charge is 0.263 e. The maximum Gasteiger partial charge on any atom is 0.263 e. The van der Waals surface area contributed by atoms with Gasteiger partial charge in [-0.1, -0.05) is 115 Å². The molecule has 0 aliphatic carbocycles. The molecule has 50 heavy (non-hydrogen) atoms. The number of aromatic nitrogens is 2. The van der Waals surface area contributed by atoms with Gasteiger partial charge in [0, 0.05) is 37.7 Å². The second-order valence-corrected chi connectivity index (χ2v) is 13.3. The van der Waals surface area contributed by atoms with Gasteiger partial charge >= 0.3 is 0 Å². The van der Waals surface area contributed by atoms with E-state index in [2.05, 4.69) is 156 Å². The average molecular weight is 637 g/mol. The Kier molecular flexibility index (Phi) is 5.53. The lowest BCUT2D eigenvalue weighted by Crippen LogP contribution is -2.12. The van der Waals surface area contributed by atoms with E-state index in [0.717, 1.165) is 65.9 Å². The van der Waals surface area contributed by atoms with Crippen LogP contribution in [0.25, 0.3) is 98.5 Å². The van der Waals surface area contributed by atoms with Crippen LogP contribution in [0.4, 0.5) is 0 Å². The molecule has 0 amide bonds. The quantitative estimate of drug-likeness (QED) is 0.177. The van der Waals surface area contributed by atoms with E-state index in [1.54, 1.807) is 0 Å². The van der Waals surface area contributed by atoms with Crippen LogP contribution in [0.5, 0.6) is 0 Å². The summed E-state index contributed by atoms with van der Waals surface area (Å²) in [6.45, 7) is 0. The van der Waals surface area contributed by atoms with Gasteiger partial charge in [0.1, 0.15) is 0 Å². The predicted octanol–water partition coefficient (Wildman–Crippen LogP) is 11.8. The Morgan fingerprint density at radius 2 is 0.920 bits per heavy atom. The number of para-hydroxylation sites is 2. The van der Waals surface area contributed by atoms with E-state index in [9.17, 15) is 4.79 Å². The number of hydrogen-bond acceptors (Lipinski definition) is 1. The van der Waals surface area contributed by atoms with E-state index in [1.165, 1.54) is 32.6 Å². The van der Waals surface area contributed by atoms with E-state index >= 15 is 0 Å². The van der Waals surface area contributed by atoms with Crippen LogP contribution in [-0.2, 0) is 0 Å². The minimum atomic E-state index is 0.0230. The summed E-state index contributed by atoms with van der Waals surface area (Å²) in [5.74, 6) is 0. The van der Waals surface area contributed by atoms with Crippen molar-refractivity contribution in [2.24, 2.45) is 0 Å². The largest absolute Gasteiger partial charge is 0.309 e. The second-order valence-electron chi connectivity index (χ2n) is 13.3. The molecule has 0 unspecified atom stereocenters. The molecule has 11 aromatic rings. The van der Waals surface area contributed by atoms with E-state index < -0.39 is 0 Å². The van der Waals surface area contributed by atoms with Crippen molar-refractivity contribution in [3.05, 3.63) is 180 Å². The summed E-state index contributed by atoms with van der Waals surface area (Å²) in [7, 11) is 0. The molecular weight excluding hydrogens is 609 g/mol. The summed E-state index contributed by atoms with van der Waals surface area (Å²) in [5.41, 5.74) is 10.0. The van der Waals surface area contributed by atoms with E-state index in [0.29, 0.717) is 0 Å². The first kappa shape index (κ1) is 27.3. The predicted molar refractivity (Wildman–Crippen MR) is 210 cm³/mol. The fourth-order valence-corrected chi connectivity index (χ4v) is 8.38. The number of pyridine rings is 1. The molecule has 0 radical (unpaired) electrons. The van der Waals surface area contributed by atoms with Crippen molar-refractivity contribution in [1.29, 1.82) is 0 Å². The van der Waals surface area contributed by atoms with Crippen molar-refractivity contribution in [2.45, 2.75) is 0 Å². The standard InChI is InChI=1S/C47H28N2O/c50-47-37-17-5-4-14-34(37)40-27-33(29-11-2-1-3-12-29)28-41-39-26-32(23-24-45(39)49(47)46(40)41)31-22-21-30-13-10-20-44(38(30)25-31)48-42-18-8-6-15-35(42)36-16-7-9-19-43(36)48/h1-28H. The molecular formula is C47H28N2O. The molecule has 3 aromatic heterocycles. The highest BCUT2D eigenvalue weighted by Gasteiger charge is 2.20. The van der Waals surface area contributed by atoms with Gasteiger partial charge in [0.05, 0.1) is 27.8 Å². The maximum atomic E-state index is 14.1. The summed E-state index contributed by atoms with van der Waals surface area (Å²) in [4.78, 5) is 14.1. The summed E-state index contributed by atoms with van der Waals surface area (Å²) < 4.78 is 4.33. The first-order valence-electron chi connectivity index (χ1n) is 17.1. The molecule has 3 heterocycles. The van der Waals surface area contributed by atoms with Crippen LogP contribution in [0.2, 0.25) is 0 Å². The Hall–Kier alpha value is -6.71. The molecule has 8 aromatic carbocycles. The minimum absolute atomic E-state index is 0.0230. The van der Waals surface area contributed by atoms with Crippen LogP contribution in [0.3, 0.4) is 0 Å². The highest BCUT2D eigenvalue weighted by molar-refractivity contribution is 6.22. The Morgan fingerprint density at radius 3 is 1.66 bits per heavy atom. The van der Waals surface area contributed by atoms with Gasteiger partial charge in [-0.15, -0.1) is 0 Å². The molecule has 0 saturated carbocycles. The summed E-state index contributed by atoms with van der Waals surface area (Å²) in [6.07, 6.45) is 0. The molecule has 11 rings (SSSR count). The monoisotopic (exact) mass is 636 g/mol. The van der Waals surface area contributed by atoms with Crippen LogP contribution in [-0.4, -0.2) is 8.97 Å². The van der Waals surface area contributed by atoms with Crippen molar-refractivity contribution < 1.29 is 0 Å². The summed E-state index contributed by atoms with van der Waals surface area (Å²) in [6, 6.07) is 60.3. The first-order valence-corrected chi connectivity index (χ1v) is 17.1. The summed E-state index contributed by atoms with van der Waals surface area (Å²) in [5, 5.41) is 9.87. The Labute approximate surface area is 286 Å². The van der Waals surface area contributed by atoms with Crippen LogP contribution in [0.1, 0.15) is 0 Å². The third-order valence-corrected chi connectivity index (χ3v) is 10.6. The Morgan fingerprint density at radius 1 is 0.340 bits per heavy atom. The zero-order chi connectivity index (χ0) is 32.9. The molecule has 0 atom stereocenters. The van der Waals surface area contributed by atoms with Gasteiger partial charge in [-0.05, 0) is 87.6 Å². The van der Waals surface area contributed by atoms with Crippen molar-refractivity contribution in [3.63, 3.8) is 0 Å². The van der Waals surface area contributed by atoms with Gasteiger partial charge in [-0.25, -0.2) is 0 Å². The van der Waals surface area contributed by atoms with E-state index in [4.69, 9.17) is 0 Å². The number of rotatable bonds is 3. The zero-order valence-corrected chi connectivity index (χ0v) is 27.0. The normalized spacial score (nSPS) is 12.1. The van der Waals surface area contributed by atoms with Gasteiger partial charge in [0.15, 0.2) is 0 Å². The fraction of sp³-hybridized carbons (Fsp3) is 0. The molecule has 0 fully saturated rings. The van der Waals surface area contributed by atoms with Gasteiger partial charge in [-0.3, -0.25) is 9.20 Å². The second kappa shape index (κ2) is 10.1. The minimum Gasteiger partial charge on any atom is -0.309 e. The highest BCUT2D eigenvalue weighted by atomic mass is 16.1. The first-order chi connectivity index (χ1) is 24.7. The highest BCUT2D eigenvalue weighted by Crippen LogP contribution is 2.40. The SMILES string of the molecule is O=c1c2ccccc2c2cc(-c3ccccc3)cc3c4cc(-c5ccc6cccc(-n7c8ccccc8c8ccccc87)c6c5)ccc4n1c23. The molecule has 0 N–H and O–H groups in total. The van der Waals surface area contributed by atoms with Crippen LogP contribution in [0, 0.1) is 0 Å². The molecule has 0 saturated heterocycles. The van der Waals surface area contributed by atoms with Crippen molar-refractivity contribution >= 4 is 70.5 Å². The third-order valence-electron chi connectivity index (χ3n) is 10.6. The molecule has 0 aliphatic heterocycles. The number of hydrogen-bond donors (Lipinski definition) is 0. The lowest BCUT2D eigenvalue weighted by molar-refractivity contribution is 1.20. The number of fused-ring (bicyclic) bond motifs is 9. The number of benzene rings is 8. The molecule has 232 valence electrons. The fourth-order valence-electron chi connectivity index (χ4n) is 8.38. The molecule has 0 spiro atoms. The van der Waals surface area contributed by atoms with Crippen molar-refractivity contribution in [2.75, 3.05) is 0 Å². The molecule has 0 aliphatic rings. The van der Waals surface area contributed by atoms with Crippen LogP contribution < -0.4 is 5.56 Å². The molecule has 3 heteroatoms. The topological polar surface area (TPSA) is 26.4 Å². The van der Waals surface area contributed by atoms with Crippen LogP contribution in [0.15, 0.2) is 175 Å².